The fraction of sp³-hybridized carbons (Fsp3) is 0. The highest BCUT2D eigenvalue weighted by molar-refractivity contribution is 9.10. The molecule has 4 nitrogen and oxygen atoms in total. The monoisotopic (exact) mass is 290 g/mol. The van der Waals surface area contributed by atoms with Crippen LogP contribution in [0.5, 0.6) is 11.8 Å². The van der Waals surface area contributed by atoms with Crippen LogP contribution in [-0.4, -0.2) is 9.97 Å². The maximum absolute atomic E-state index is 5.47. The molecule has 0 saturated carbocycles. The van der Waals surface area contributed by atoms with Gasteiger partial charge in [0, 0.05) is 10.7 Å². The van der Waals surface area contributed by atoms with Gasteiger partial charge in [-0.1, -0.05) is 12.1 Å². The molecule has 0 atom stereocenters. The average molecular weight is 291 g/mol. The summed E-state index contributed by atoms with van der Waals surface area (Å²) < 4.78 is 11.7. The van der Waals surface area contributed by atoms with E-state index in [0.29, 0.717) is 11.3 Å². The van der Waals surface area contributed by atoms with Gasteiger partial charge in [0.05, 0.1) is 6.20 Å². The summed E-state index contributed by atoms with van der Waals surface area (Å²) in [6.45, 7) is 0. The van der Waals surface area contributed by atoms with Gasteiger partial charge in [-0.25, -0.2) is 0 Å². The van der Waals surface area contributed by atoms with Crippen molar-refractivity contribution in [2.75, 3.05) is 0 Å². The molecule has 1 aromatic carbocycles. The van der Waals surface area contributed by atoms with Crippen molar-refractivity contribution in [1.29, 1.82) is 0 Å². The van der Waals surface area contributed by atoms with Gasteiger partial charge >= 0.3 is 6.08 Å². The fourth-order valence-corrected chi connectivity index (χ4v) is 1.79. The summed E-state index contributed by atoms with van der Waals surface area (Å²) in [6, 6.07) is 9.29. The van der Waals surface area contributed by atoms with E-state index in [1.54, 1.807) is 18.5 Å². The van der Waals surface area contributed by atoms with Gasteiger partial charge in [-0.05, 0) is 34.1 Å². The molecule has 3 rings (SSSR count). The Balaban J connectivity index is 1.94. The molecule has 0 aliphatic carbocycles. The van der Waals surface area contributed by atoms with Crippen molar-refractivity contribution in [2.45, 2.75) is 0 Å². The molecule has 3 aromatic rings. The molecule has 5 heteroatoms. The van der Waals surface area contributed by atoms with Crippen LogP contribution in [0.4, 0.5) is 0 Å². The zero-order chi connectivity index (χ0) is 11.7. The van der Waals surface area contributed by atoms with E-state index in [0.717, 1.165) is 9.99 Å². The predicted molar refractivity (Wildman–Crippen MR) is 66.0 cm³/mol. The van der Waals surface area contributed by atoms with Gasteiger partial charge in [-0.2, -0.15) is 4.98 Å². The van der Waals surface area contributed by atoms with Crippen LogP contribution in [0.25, 0.3) is 11.1 Å². The first kappa shape index (κ1) is 10.3. The van der Waals surface area contributed by atoms with Crippen LogP contribution in [0.15, 0.2) is 51.6 Å². The summed E-state index contributed by atoms with van der Waals surface area (Å²) >= 11 is 3.32. The van der Waals surface area contributed by atoms with Crippen LogP contribution in [0.2, 0.25) is 0 Å². The largest absolute Gasteiger partial charge is 0.409 e. The summed E-state index contributed by atoms with van der Waals surface area (Å²) in [7, 11) is 0. The number of rotatable bonds is 2. The van der Waals surface area contributed by atoms with Crippen molar-refractivity contribution in [3.05, 3.63) is 47.2 Å². The fourth-order valence-electron chi connectivity index (χ4n) is 1.44. The van der Waals surface area contributed by atoms with E-state index >= 15 is 0 Å². The van der Waals surface area contributed by atoms with Crippen LogP contribution in [0, 0.1) is 0 Å². The Bertz CT molecular complexity index is 633. The Kier molecular flexibility index (Phi) is 2.53. The molecule has 0 fully saturated rings. The minimum atomic E-state index is 0.214. The number of pyridine rings is 1. The number of hydrogen-bond donors (Lipinski definition) is 0. The summed E-state index contributed by atoms with van der Waals surface area (Å²) in [4.78, 5) is 8.20. The first-order valence-electron chi connectivity index (χ1n) is 4.95. The van der Waals surface area contributed by atoms with Gasteiger partial charge in [0.2, 0.25) is 0 Å². The van der Waals surface area contributed by atoms with Crippen molar-refractivity contribution in [3.63, 3.8) is 0 Å². The van der Waals surface area contributed by atoms with Crippen LogP contribution in [0.1, 0.15) is 0 Å². The van der Waals surface area contributed by atoms with Crippen molar-refractivity contribution in [2.24, 2.45) is 0 Å². The second kappa shape index (κ2) is 4.18. The molecule has 84 valence electrons. The van der Waals surface area contributed by atoms with E-state index in [1.165, 1.54) is 0 Å². The van der Waals surface area contributed by atoms with Crippen molar-refractivity contribution in [1.82, 2.24) is 9.97 Å². The zero-order valence-corrected chi connectivity index (χ0v) is 10.2. The Morgan fingerprint density at radius 1 is 1.18 bits per heavy atom. The Morgan fingerprint density at radius 3 is 2.88 bits per heavy atom. The molecule has 0 saturated heterocycles. The topological polar surface area (TPSA) is 48.2 Å². The van der Waals surface area contributed by atoms with Crippen molar-refractivity contribution >= 4 is 27.0 Å². The molecule has 0 unspecified atom stereocenters. The SMILES string of the molecule is Brc1cncc(Oc2nc3ccccc3o2)c1. The summed E-state index contributed by atoms with van der Waals surface area (Å²) in [5.41, 5.74) is 1.47. The van der Waals surface area contributed by atoms with Crippen LogP contribution in [0.3, 0.4) is 0 Å². The number of benzene rings is 1. The third-order valence-electron chi connectivity index (χ3n) is 2.16. The summed E-state index contributed by atoms with van der Waals surface area (Å²) in [6.07, 6.45) is 3.49. The molecule has 0 N–H and O–H groups in total. The lowest BCUT2D eigenvalue weighted by atomic mass is 10.3. The highest BCUT2D eigenvalue weighted by Crippen LogP contribution is 2.25. The third-order valence-corrected chi connectivity index (χ3v) is 2.59. The van der Waals surface area contributed by atoms with Gasteiger partial charge < -0.3 is 9.15 Å². The van der Waals surface area contributed by atoms with Gasteiger partial charge in [-0.3, -0.25) is 4.98 Å². The first-order chi connectivity index (χ1) is 8.31. The number of para-hydroxylation sites is 2. The molecule has 0 aliphatic rings. The standard InChI is InChI=1S/C12H7BrN2O2/c13-8-5-9(7-14-6-8)16-12-15-10-3-1-2-4-11(10)17-12/h1-7H. The van der Waals surface area contributed by atoms with E-state index in [-0.39, 0.29) is 6.08 Å². The average Bonchev–Trinajstić information content (AvgIpc) is 2.71. The minimum absolute atomic E-state index is 0.214. The molecule has 0 spiro atoms. The number of hydrogen-bond acceptors (Lipinski definition) is 4. The van der Waals surface area contributed by atoms with Gasteiger partial charge in [-0.15, -0.1) is 0 Å². The molecule has 17 heavy (non-hydrogen) atoms. The summed E-state index contributed by atoms with van der Waals surface area (Å²) in [5, 5.41) is 0. The van der Waals surface area contributed by atoms with E-state index in [1.807, 2.05) is 24.3 Å². The second-order valence-corrected chi connectivity index (χ2v) is 4.30. The van der Waals surface area contributed by atoms with E-state index in [2.05, 4.69) is 25.9 Å². The van der Waals surface area contributed by atoms with Gasteiger partial charge in [0.1, 0.15) is 5.52 Å². The second-order valence-electron chi connectivity index (χ2n) is 3.39. The first-order valence-corrected chi connectivity index (χ1v) is 5.74. The molecular formula is C12H7BrN2O2. The lowest BCUT2D eigenvalue weighted by molar-refractivity contribution is 0.342. The zero-order valence-electron chi connectivity index (χ0n) is 8.63. The molecule has 0 bridgehead atoms. The quantitative estimate of drug-likeness (QED) is 0.721. The number of aromatic nitrogens is 2. The number of halogens is 1. The minimum Gasteiger partial charge on any atom is -0.409 e. The Morgan fingerprint density at radius 2 is 2.06 bits per heavy atom. The summed E-state index contributed by atoms with van der Waals surface area (Å²) in [5.74, 6) is 0.575. The van der Waals surface area contributed by atoms with Crippen molar-refractivity contribution in [3.8, 4) is 11.8 Å². The molecule has 2 aromatic heterocycles. The third kappa shape index (κ3) is 2.14. The number of oxazole rings is 1. The van der Waals surface area contributed by atoms with E-state index in [4.69, 9.17) is 9.15 Å². The maximum Gasteiger partial charge on any atom is 0.400 e. The smallest absolute Gasteiger partial charge is 0.400 e. The molecular weight excluding hydrogens is 284 g/mol. The van der Waals surface area contributed by atoms with E-state index in [9.17, 15) is 0 Å². The highest BCUT2D eigenvalue weighted by Gasteiger charge is 2.07. The van der Waals surface area contributed by atoms with E-state index < -0.39 is 0 Å². The lowest BCUT2D eigenvalue weighted by Gasteiger charge is -1.99. The maximum atomic E-state index is 5.47. The highest BCUT2D eigenvalue weighted by atomic mass is 79.9. The number of nitrogens with zero attached hydrogens (tertiary/aromatic N) is 2. The molecule has 2 heterocycles. The molecule has 0 amide bonds. The van der Waals surface area contributed by atoms with Crippen LogP contribution >= 0.6 is 15.9 Å². The number of fused-ring (bicyclic) bond motifs is 1. The van der Waals surface area contributed by atoms with Crippen LogP contribution in [-0.2, 0) is 0 Å². The van der Waals surface area contributed by atoms with Gasteiger partial charge in [0.25, 0.3) is 0 Å². The van der Waals surface area contributed by atoms with Crippen LogP contribution < -0.4 is 4.74 Å². The number of ether oxygens (including phenoxy) is 1. The molecule has 0 aliphatic heterocycles. The van der Waals surface area contributed by atoms with Crippen molar-refractivity contribution < 1.29 is 9.15 Å². The lowest BCUT2D eigenvalue weighted by Crippen LogP contribution is -1.84. The Hall–Kier alpha value is -1.88. The predicted octanol–water partition coefficient (Wildman–Crippen LogP) is 3.78. The Labute approximate surface area is 105 Å². The normalized spacial score (nSPS) is 10.6. The van der Waals surface area contributed by atoms with Gasteiger partial charge in [0.15, 0.2) is 11.3 Å². The molecule has 0 radical (unpaired) electrons.